The van der Waals surface area contributed by atoms with E-state index in [-0.39, 0.29) is 11.3 Å². The van der Waals surface area contributed by atoms with Gasteiger partial charge in [-0.3, -0.25) is 14.5 Å². The van der Waals surface area contributed by atoms with Crippen LogP contribution in [-0.4, -0.2) is 28.5 Å². The van der Waals surface area contributed by atoms with Crippen molar-refractivity contribution in [1.82, 2.24) is 4.57 Å². The van der Waals surface area contributed by atoms with Crippen molar-refractivity contribution in [2.24, 2.45) is 7.05 Å². The van der Waals surface area contributed by atoms with Crippen LogP contribution in [-0.2, 0) is 16.6 Å². The molecule has 7 heteroatoms. The van der Waals surface area contributed by atoms with Crippen molar-refractivity contribution < 1.29 is 19.4 Å². The van der Waals surface area contributed by atoms with Gasteiger partial charge in [0.1, 0.15) is 11.5 Å². The summed E-state index contributed by atoms with van der Waals surface area (Å²) in [5.74, 6) is -1.36. The van der Waals surface area contributed by atoms with Crippen LogP contribution in [0.25, 0.3) is 16.7 Å². The van der Waals surface area contributed by atoms with Crippen LogP contribution in [0.1, 0.15) is 22.7 Å². The molecule has 1 atom stereocenters. The van der Waals surface area contributed by atoms with E-state index in [2.05, 4.69) is 0 Å². The first kappa shape index (κ1) is 22.7. The molecule has 1 unspecified atom stereocenters. The van der Waals surface area contributed by atoms with E-state index >= 15 is 0 Å². The Labute approximate surface area is 207 Å². The van der Waals surface area contributed by atoms with E-state index in [9.17, 15) is 14.7 Å². The maximum Gasteiger partial charge on any atom is 0.300 e. The maximum absolute atomic E-state index is 13.5. The number of nitrogens with zero attached hydrogens (tertiary/aromatic N) is 2. The number of amides is 1. The highest BCUT2D eigenvalue weighted by atomic mass is 35.5. The fourth-order valence-corrected chi connectivity index (χ4v) is 4.86. The number of Topliss-reactive ketones (excluding diaryl/α,β-unsaturated/α-hetero) is 1. The SMILES string of the molecule is COc1ccc(C)cc1/C(O)=C1\C(=O)C(=O)N(c2ccc(Cl)cc2)C1c1cn(C)c2ccccc12. The zero-order valence-corrected chi connectivity index (χ0v) is 20.2. The fourth-order valence-electron chi connectivity index (χ4n) is 4.74. The average Bonchev–Trinajstić information content (AvgIpc) is 3.33. The van der Waals surface area contributed by atoms with Gasteiger partial charge in [-0.05, 0) is 49.4 Å². The second kappa shape index (κ2) is 8.64. The standard InChI is InChI=1S/C28H23ClN2O4/c1-16-8-13-23(35-3)20(14-16)26(32)24-25(21-15-30(2)22-7-5-4-6-19(21)22)31(28(34)27(24)33)18-11-9-17(29)10-12-18/h4-15,25,32H,1-3H3/b26-24+. The molecule has 6 nitrogen and oxygen atoms in total. The number of carbonyl (C=O) groups is 2. The van der Waals surface area contributed by atoms with Gasteiger partial charge in [-0.25, -0.2) is 0 Å². The Morgan fingerprint density at radius 3 is 2.46 bits per heavy atom. The predicted molar refractivity (Wildman–Crippen MR) is 137 cm³/mol. The van der Waals surface area contributed by atoms with Crippen LogP contribution in [0.3, 0.4) is 0 Å². The van der Waals surface area contributed by atoms with Gasteiger partial charge in [-0.15, -0.1) is 0 Å². The Morgan fingerprint density at radius 2 is 1.74 bits per heavy atom. The van der Waals surface area contributed by atoms with Gasteiger partial charge in [0.25, 0.3) is 11.7 Å². The molecule has 0 aliphatic carbocycles. The first-order chi connectivity index (χ1) is 16.8. The van der Waals surface area contributed by atoms with Gasteiger partial charge in [0.2, 0.25) is 0 Å². The second-order valence-electron chi connectivity index (χ2n) is 8.56. The van der Waals surface area contributed by atoms with Gasteiger partial charge >= 0.3 is 0 Å². The van der Waals surface area contributed by atoms with E-state index in [4.69, 9.17) is 16.3 Å². The minimum absolute atomic E-state index is 0.00482. The maximum atomic E-state index is 13.5. The van der Waals surface area contributed by atoms with Crippen molar-refractivity contribution in [2.45, 2.75) is 13.0 Å². The predicted octanol–water partition coefficient (Wildman–Crippen LogP) is 5.78. The number of aryl methyl sites for hydroxylation is 2. The van der Waals surface area contributed by atoms with Crippen molar-refractivity contribution in [3.63, 3.8) is 0 Å². The van der Waals surface area contributed by atoms with Gasteiger partial charge in [-0.1, -0.05) is 41.4 Å². The molecule has 2 heterocycles. The summed E-state index contributed by atoms with van der Waals surface area (Å²) in [6, 6.07) is 18.9. The van der Waals surface area contributed by atoms with Gasteiger partial charge < -0.3 is 14.4 Å². The number of aromatic nitrogens is 1. The van der Waals surface area contributed by atoms with Crippen molar-refractivity contribution in [3.05, 3.63) is 100 Å². The van der Waals surface area contributed by atoms with E-state index in [0.717, 1.165) is 22.0 Å². The quantitative estimate of drug-likeness (QED) is 0.225. The Kier molecular flexibility index (Phi) is 5.61. The lowest BCUT2D eigenvalue weighted by atomic mass is 9.94. The fraction of sp³-hybridized carbons (Fsp3) is 0.143. The molecule has 4 aromatic rings. The summed E-state index contributed by atoms with van der Waals surface area (Å²) >= 11 is 6.09. The molecule has 176 valence electrons. The number of carbonyl (C=O) groups excluding carboxylic acids is 2. The molecule has 0 saturated carbocycles. The number of ketones is 1. The van der Waals surface area contributed by atoms with E-state index in [1.807, 2.05) is 55.1 Å². The first-order valence-electron chi connectivity index (χ1n) is 11.1. The zero-order chi connectivity index (χ0) is 24.9. The smallest absolute Gasteiger partial charge is 0.300 e. The van der Waals surface area contributed by atoms with Gasteiger partial charge in [0.05, 0.1) is 24.3 Å². The molecule has 1 aliphatic rings. The van der Waals surface area contributed by atoms with E-state index < -0.39 is 17.7 Å². The number of hydrogen-bond acceptors (Lipinski definition) is 4. The molecule has 3 aromatic carbocycles. The number of hydrogen-bond donors (Lipinski definition) is 1. The van der Waals surface area contributed by atoms with Crippen molar-refractivity contribution in [2.75, 3.05) is 12.0 Å². The average molecular weight is 487 g/mol. The highest BCUT2D eigenvalue weighted by molar-refractivity contribution is 6.52. The molecule has 1 fully saturated rings. The van der Waals surface area contributed by atoms with E-state index in [1.165, 1.54) is 12.0 Å². The van der Waals surface area contributed by atoms with Crippen LogP contribution in [0, 0.1) is 6.92 Å². The third kappa shape index (κ3) is 3.67. The van der Waals surface area contributed by atoms with Crippen molar-refractivity contribution in [3.8, 4) is 5.75 Å². The number of ether oxygens (including phenoxy) is 1. The first-order valence-corrected chi connectivity index (χ1v) is 11.4. The Morgan fingerprint density at radius 1 is 1.03 bits per heavy atom. The molecule has 1 saturated heterocycles. The lowest BCUT2D eigenvalue weighted by Gasteiger charge is -2.25. The highest BCUT2D eigenvalue weighted by Crippen LogP contribution is 2.45. The van der Waals surface area contributed by atoms with Gasteiger partial charge in [-0.2, -0.15) is 0 Å². The van der Waals surface area contributed by atoms with Crippen LogP contribution in [0.4, 0.5) is 5.69 Å². The minimum atomic E-state index is -0.854. The molecule has 35 heavy (non-hydrogen) atoms. The highest BCUT2D eigenvalue weighted by Gasteiger charge is 2.48. The Hall–Kier alpha value is -4.03. The molecule has 1 aliphatic heterocycles. The summed E-state index contributed by atoms with van der Waals surface area (Å²) in [5.41, 5.74) is 3.41. The largest absolute Gasteiger partial charge is 0.507 e. The van der Waals surface area contributed by atoms with E-state index in [0.29, 0.717) is 22.0 Å². The molecule has 1 aromatic heterocycles. The van der Waals surface area contributed by atoms with Gasteiger partial charge in [0, 0.05) is 40.4 Å². The summed E-state index contributed by atoms with van der Waals surface area (Å²) in [6.45, 7) is 1.88. The molecule has 0 spiro atoms. The third-order valence-electron chi connectivity index (χ3n) is 6.38. The monoisotopic (exact) mass is 486 g/mol. The molecule has 0 bridgehead atoms. The third-order valence-corrected chi connectivity index (χ3v) is 6.63. The topological polar surface area (TPSA) is 71.8 Å². The number of rotatable bonds is 4. The summed E-state index contributed by atoms with van der Waals surface area (Å²) in [5, 5.41) is 12.9. The number of para-hydroxylation sites is 1. The molecular weight excluding hydrogens is 464 g/mol. The summed E-state index contributed by atoms with van der Waals surface area (Å²) in [6.07, 6.45) is 1.89. The number of anilines is 1. The zero-order valence-electron chi connectivity index (χ0n) is 19.4. The van der Waals surface area contributed by atoms with E-state index in [1.54, 1.807) is 36.4 Å². The summed E-state index contributed by atoms with van der Waals surface area (Å²) in [7, 11) is 3.40. The number of fused-ring (bicyclic) bond motifs is 1. The number of halogens is 1. The second-order valence-corrected chi connectivity index (χ2v) is 9.00. The molecule has 0 radical (unpaired) electrons. The van der Waals surface area contributed by atoms with Crippen LogP contribution >= 0.6 is 11.6 Å². The molecular formula is C28H23ClN2O4. The lowest BCUT2D eigenvalue weighted by Crippen LogP contribution is -2.29. The number of methoxy groups -OCH3 is 1. The van der Waals surface area contributed by atoms with Crippen LogP contribution in [0.15, 0.2) is 78.5 Å². The van der Waals surface area contributed by atoms with Crippen molar-refractivity contribution in [1.29, 1.82) is 0 Å². The van der Waals surface area contributed by atoms with Crippen LogP contribution < -0.4 is 9.64 Å². The molecule has 1 N–H and O–H groups in total. The Bertz CT molecular complexity index is 1520. The summed E-state index contributed by atoms with van der Waals surface area (Å²) in [4.78, 5) is 28.4. The number of benzene rings is 3. The Balaban J connectivity index is 1.83. The number of aliphatic hydroxyl groups is 1. The minimum Gasteiger partial charge on any atom is -0.507 e. The lowest BCUT2D eigenvalue weighted by molar-refractivity contribution is -0.132. The molecule has 1 amide bonds. The van der Waals surface area contributed by atoms with Crippen LogP contribution in [0.2, 0.25) is 5.02 Å². The van der Waals surface area contributed by atoms with Crippen molar-refractivity contribution >= 4 is 45.6 Å². The van der Waals surface area contributed by atoms with Gasteiger partial charge in [0.15, 0.2) is 0 Å². The van der Waals surface area contributed by atoms with Crippen LogP contribution in [0.5, 0.6) is 5.75 Å². The molecule has 5 rings (SSSR count). The normalized spacial score (nSPS) is 17.4. The summed E-state index contributed by atoms with van der Waals surface area (Å²) < 4.78 is 7.40. The number of aliphatic hydroxyl groups excluding tert-OH is 1.